The topological polar surface area (TPSA) is 29.5 Å². The Kier molecular flexibility index (Phi) is 4.20. The van der Waals surface area contributed by atoms with Gasteiger partial charge in [-0.15, -0.1) is 11.3 Å². The summed E-state index contributed by atoms with van der Waals surface area (Å²) in [5.41, 5.74) is 2.05. The number of aliphatic hydroxyl groups excluding tert-OH is 1. The Labute approximate surface area is 113 Å². The molecule has 0 amide bonds. The Morgan fingerprint density at radius 2 is 2.06 bits per heavy atom. The normalized spacial score (nSPS) is 12.4. The largest absolute Gasteiger partial charge is 0.497 e. The van der Waals surface area contributed by atoms with E-state index in [0.29, 0.717) is 6.42 Å². The highest BCUT2D eigenvalue weighted by Gasteiger charge is 2.10. The van der Waals surface area contributed by atoms with E-state index in [1.807, 2.05) is 35.7 Å². The van der Waals surface area contributed by atoms with Crippen molar-refractivity contribution in [2.75, 3.05) is 7.11 Å². The molecule has 1 heterocycles. The number of thiophene rings is 1. The van der Waals surface area contributed by atoms with E-state index < -0.39 is 6.10 Å². The van der Waals surface area contributed by atoms with Gasteiger partial charge in [0.15, 0.2) is 0 Å². The lowest BCUT2D eigenvalue weighted by Crippen LogP contribution is -2.00. The first-order chi connectivity index (χ1) is 8.19. The van der Waals surface area contributed by atoms with Crippen LogP contribution < -0.4 is 4.74 Å². The van der Waals surface area contributed by atoms with Gasteiger partial charge in [-0.25, -0.2) is 0 Å². The fraction of sp³-hybridized carbons (Fsp3) is 0.231. The van der Waals surface area contributed by atoms with Crippen LogP contribution in [0.3, 0.4) is 0 Å². The van der Waals surface area contributed by atoms with Gasteiger partial charge in [-0.2, -0.15) is 0 Å². The Morgan fingerprint density at radius 1 is 1.35 bits per heavy atom. The standard InChI is InChI=1S/C13H13BrO2S/c1-16-11-4-2-9(3-5-11)6-12(15)10-7-13(14)17-8-10/h2-5,7-8,12,15H,6H2,1H3. The van der Waals surface area contributed by atoms with Crippen LogP contribution in [0.1, 0.15) is 17.2 Å². The predicted molar refractivity (Wildman–Crippen MR) is 73.7 cm³/mol. The van der Waals surface area contributed by atoms with Crippen molar-refractivity contribution in [3.63, 3.8) is 0 Å². The molecular formula is C13H13BrO2S. The predicted octanol–water partition coefficient (Wildman–Crippen LogP) is 3.80. The van der Waals surface area contributed by atoms with Crippen LogP contribution in [0.5, 0.6) is 5.75 Å². The highest BCUT2D eigenvalue weighted by Crippen LogP contribution is 2.27. The SMILES string of the molecule is COc1ccc(CC(O)c2csc(Br)c2)cc1. The third kappa shape index (κ3) is 3.31. The fourth-order valence-corrected chi connectivity index (χ4v) is 2.82. The van der Waals surface area contributed by atoms with Crippen LogP contribution in [0.4, 0.5) is 0 Å². The molecule has 1 N–H and O–H groups in total. The van der Waals surface area contributed by atoms with Crippen LogP contribution in [0.15, 0.2) is 39.5 Å². The van der Waals surface area contributed by atoms with E-state index in [1.165, 1.54) is 0 Å². The zero-order valence-corrected chi connectivity index (χ0v) is 11.8. The molecule has 0 spiro atoms. The number of ether oxygens (including phenoxy) is 1. The summed E-state index contributed by atoms with van der Waals surface area (Å²) >= 11 is 4.98. The summed E-state index contributed by atoms with van der Waals surface area (Å²) in [7, 11) is 1.65. The lowest BCUT2D eigenvalue weighted by molar-refractivity contribution is 0.179. The van der Waals surface area contributed by atoms with Crippen molar-refractivity contribution in [1.82, 2.24) is 0 Å². The molecule has 0 bridgehead atoms. The zero-order chi connectivity index (χ0) is 12.3. The zero-order valence-electron chi connectivity index (χ0n) is 9.39. The minimum Gasteiger partial charge on any atom is -0.497 e. The molecule has 1 aromatic carbocycles. The smallest absolute Gasteiger partial charge is 0.118 e. The number of benzene rings is 1. The molecule has 0 saturated carbocycles. The third-order valence-corrected chi connectivity index (χ3v) is 4.08. The quantitative estimate of drug-likeness (QED) is 0.930. The molecule has 0 aliphatic carbocycles. The second-order valence-corrected chi connectivity index (χ2v) is 6.04. The summed E-state index contributed by atoms with van der Waals surface area (Å²) in [6.07, 6.45) is 0.165. The molecule has 0 saturated heterocycles. The van der Waals surface area contributed by atoms with E-state index in [2.05, 4.69) is 15.9 Å². The Morgan fingerprint density at radius 3 is 2.59 bits per heavy atom. The molecule has 0 fully saturated rings. The van der Waals surface area contributed by atoms with Crippen LogP contribution in [-0.2, 0) is 6.42 Å². The summed E-state index contributed by atoms with van der Waals surface area (Å²) in [4.78, 5) is 0. The van der Waals surface area contributed by atoms with Gasteiger partial charge in [-0.05, 0) is 50.6 Å². The molecule has 90 valence electrons. The number of hydrogen-bond acceptors (Lipinski definition) is 3. The average Bonchev–Trinajstić information content (AvgIpc) is 2.77. The maximum Gasteiger partial charge on any atom is 0.118 e. The number of rotatable bonds is 4. The van der Waals surface area contributed by atoms with Gasteiger partial charge in [-0.3, -0.25) is 0 Å². The highest BCUT2D eigenvalue weighted by atomic mass is 79.9. The minimum atomic E-state index is -0.453. The molecule has 2 rings (SSSR count). The van der Waals surface area contributed by atoms with Crippen molar-refractivity contribution in [3.8, 4) is 5.75 Å². The first-order valence-electron chi connectivity index (χ1n) is 5.24. The van der Waals surface area contributed by atoms with Gasteiger partial charge in [0.1, 0.15) is 5.75 Å². The molecule has 17 heavy (non-hydrogen) atoms. The molecule has 0 radical (unpaired) electrons. The van der Waals surface area contributed by atoms with Gasteiger partial charge in [0, 0.05) is 6.42 Å². The van der Waals surface area contributed by atoms with Crippen molar-refractivity contribution in [3.05, 3.63) is 50.6 Å². The van der Waals surface area contributed by atoms with Gasteiger partial charge in [0.25, 0.3) is 0 Å². The van der Waals surface area contributed by atoms with E-state index in [0.717, 1.165) is 20.7 Å². The van der Waals surface area contributed by atoms with Crippen LogP contribution in [0.25, 0.3) is 0 Å². The Hall–Kier alpha value is -0.840. The summed E-state index contributed by atoms with van der Waals surface area (Å²) in [5.74, 6) is 0.835. The van der Waals surface area contributed by atoms with Gasteiger partial charge >= 0.3 is 0 Å². The maximum absolute atomic E-state index is 10.1. The third-order valence-electron chi connectivity index (χ3n) is 2.56. The molecule has 2 nitrogen and oxygen atoms in total. The van der Waals surface area contributed by atoms with Gasteiger partial charge < -0.3 is 9.84 Å². The molecule has 1 aromatic heterocycles. The van der Waals surface area contributed by atoms with Gasteiger partial charge in [0.2, 0.25) is 0 Å². The van der Waals surface area contributed by atoms with Gasteiger partial charge in [-0.1, -0.05) is 12.1 Å². The molecule has 1 atom stereocenters. The van der Waals surface area contributed by atoms with E-state index in [9.17, 15) is 5.11 Å². The van der Waals surface area contributed by atoms with Crippen LogP contribution >= 0.6 is 27.3 Å². The minimum absolute atomic E-state index is 0.453. The van der Waals surface area contributed by atoms with Crippen LogP contribution in [-0.4, -0.2) is 12.2 Å². The summed E-state index contributed by atoms with van der Waals surface area (Å²) in [6.45, 7) is 0. The van der Waals surface area contributed by atoms with Crippen LogP contribution in [0, 0.1) is 0 Å². The first-order valence-corrected chi connectivity index (χ1v) is 6.91. The van der Waals surface area contributed by atoms with Crippen molar-refractivity contribution >= 4 is 27.3 Å². The highest BCUT2D eigenvalue weighted by molar-refractivity contribution is 9.11. The lowest BCUT2D eigenvalue weighted by atomic mass is 10.0. The summed E-state index contributed by atoms with van der Waals surface area (Å²) in [6, 6.07) is 9.73. The number of aliphatic hydroxyl groups is 1. The second kappa shape index (κ2) is 5.67. The van der Waals surface area contributed by atoms with Crippen molar-refractivity contribution in [2.45, 2.75) is 12.5 Å². The fourth-order valence-electron chi connectivity index (χ4n) is 1.60. The van der Waals surface area contributed by atoms with E-state index in [1.54, 1.807) is 18.4 Å². The van der Waals surface area contributed by atoms with E-state index in [-0.39, 0.29) is 0 Å². The van der Waals surface area contributed by atoms with Crippen LogP contribution in [0.2, 0.25) is 0 Å². The maximum atomic E-state index is 10.1. The average molecular weight is 313 g/mol. The molecule has 1 unspecified atom stereocenters. The molecule has 2 aromatic rings. The second-order valence-electron chi connectivity index (χ2n) is 3.75. The van der Waals surface area contributed by atoms with E-state index >= 15 is 0 Å². The Bertz CT molecular complexity index is 478. The number of hydrogen-bond donors (Lipinski definition) is 1. The van der Waals surface area contributed by atoms with E-state index in [4.69, 9.17) is 4.74 Å². The van der Waals surface area contributed by atoms with Crippen molar-refractivity contribution in [2.24, 2.45) is 0 Å². The lowest BCUT2D eigenvalue weighted by Gasteiger charge is -2.09. The summed E-state index contributed by atoms with van der Waals surface area (Å²) in [5, 5.41) is 12.0. The summed E-state index contributed by atoms with van der Waals surface area (Å²) < 4.78 is 6.14. The number of halogens is 1. The van der Waals surface area contributed by atoms with Gasteiger partial charge in [0.05, 0.1) is 17.0 Å². The van der Waals surface area contributed by atoms with Crippen molar-refractivity contribution in [1.29, 1.82) is 0 Å². The Balaban J connectivity index is 2.04. The molecule has 0 aliphatic rings. The number of methoxy groups -OCH3 is 1. The molecule has 4 heteroatoms. The monoisotopic (exact) mass is 312 g/mol. The first kappa shape index (κ1) is 12.6. The molecule has 0 aliphatic heterocycles. The van der Waals surface area contributed by atoms with Crippen molar-refractivity contribution < 1.29 is 9.84 Å². The molecular weight excluding hydrogens is 300 g/mol.